The Labute approximate surface area is 201 Å². The van der Waals surface area contributed by atoms with Gasteiger partial charge >= 0.3 is 0 Å². The minimum Gasteiger partial charge on any atom is -0.347 e. The molecular weight excluding hydrogens is 452 g/mol. The molecule has 0 aliphatic rings. The lowest BCUT2D eigenvalue weighted by atomic mass is 9.92. The number of benzene rings is 3. The van der Waals surface area contributed by atoms with Gasteiger partial charge in [-0.15, -0.1) is 0 Å². The number of nitro groups is 2. The SMILES string of the molecule is CCCC(=O)N[C@H](c1ccccc1)[C@H](NC(=O)c1cc([N+](=O)[O-])cc([N+](=O)[O-])c1)c1ccccc1. The number of nitrogens with zero attached hydrogens (tertiary/aromatic N) is 2. The van der Waals surface area contributed by atoms with Crippen molar-refractivity contribution >= 4 is 23.2 Å². The van der Waals surface area contributed by atoms with Crippen molar-refractivity contribution in [2.75, 3.05) is 0 Å². The van der Waals surface area contributed by atoms with Crippen LogP contribution in [0.1, 0.15) is 53.3 Å². The number of hydrogen-bond donors (Lipinski definition) is 2. The summed E-state index contributed by atoms with van der Waals surface area (Å²) in [4.78, 5) is 46.8. The van der Waals surface area contributed by atoms with Crippen LogP contribution in [-0.4, -0.2) is 21.7 Å². The third-order valence-electron chi connectivity index (χ3n) is 5.32. The fourth-order valence-corrected chi connectivity index (χ4v) is 3.67. The Kier molecular flexibility index (Phi) is 8.23. The second kappa shape index (κ2) is 11.5. The number of hydrogen-bond acceptors (Lipinski definition) is 6. The molecule has 0 aromatic heterocycles. The third kappa shape index (κ3) is 6.47. The van der Waals surface area contributed by atoms with Crippen molar-refractivity contribution in [3.63, 3.8) is 0 Å². The van der Waals surface area contributed by atoms with Crippen LogP contribution in [0.2, 0.25) is 0 Å². The zero-order chi connectivity index (χ0) is 25.4. The molecule has 35 heavy (non-hydrogen) atoms. The van der Waals surface area contributed by atoms with Gasteiger partial charge in [-0.3, -0.25) is 29.8 Å². The number of non-ortho nitro benzene ring substituents is 2. The van der Waals surface area contributed by atoms with Crippen LogP contribution in [0.15, 0.2) is 78.9 Å². The molecular formula is C25H24N4O6. The molecule has 0 aliphatic heterocycles. The van der Waals surface area contributed by atoms with Gasteiger partial charge in [0.1, 0.15) is 0 Å². The molecule has 0 bridgehead atoms. The molecule has 180 valence electrons. The molecule has 10 heteroatoms. The van der Waals surface area contributed by atoms with Gasteiger partial charge < -0.3 is 10.6 Å². The molecule has 0 saturated carbocycles. The van der Waals surface area contributed by atoms with Crippen LogP contribution in [0.5, 0.6) is 0 Å². The highest BCUT2D eigenvalue weighted by molar-refractivity contribution is 5.96. The van der Waals surface area contributed by atoms with E-state index in [0.717, 1.165) is 23.8 Å². The number of nitro benzene ring substituents is 2. The first-order chi connectivity index (χ1) is 16.8. The van der Waals surface area contributed by atoms with Gasteiger partial charge in [0, 0.05) is 18.6 Å². The van der Waals surface area contributed by atoms with E-state index in [0.29, 0.717) is 12.0 Å². The summed E-state index contributed by atoms with van der Waals surface area (Å²) < 4.78 is 0. The zero-order valence-electron chi connectivity index (χ0n) is 18.9. The highest BCUT2D eigenvalue weighted by Crippen LogP contribution is 2.30. The average molecular weight is 476 g/mol. The Morgan fingerprint density at radius 2 is 1.23 bits per heavy atom. The minimum atomic E-state index is -0.795. The Bertz CT molecular complexity index is 1180. The van der Waals surface area contributed by atoms with E-state index < -0.39 is 39.2 Å². The molecule has 10 nitrogen and oxygen atoms in total. The van der Waals surface area contributed by atoms with Crippen molar-refractivity contribution in [1.29, 1.82) is 0 Å². The lowest BCUT2D eigenvalue weighted by molar-refractivity contribution is -0.394. The Morgan fingerprint density at radius 3 is 1.66 bits per heavy atom. The van der Waals surface area contributed by atoms with Crippen molar-refractivity contribution in [3.05, 3.63) is 116 Å². The summed E-state index contributed by atoms with van der Waals surface area (Å²) in [7, 11) is 0. The monoisotopic (exact) mass is 476 g/mol. The van der Waals surface area contributed by atoms with E-state index in [2.05, 4.69) is 10.6 Å². The lowest BCUT2D eigenvalue weighted by Crippen LogP contribution is -2.40. The van der Waals surface area contributed by atoms with Gasteiger partial charge in [0.05, 0.1) is 33.6 Å². The van der Waals surface area contributed by atoms with Gasteiger partial charge in [-0.1, -0.05) is 67.6 Å². The largest absolute Gasteiger partial charge is 0.347 e. The summed E-state index contributed by atoms with van der Waals surface area (Å²) >= 11 is 0. The first-order valence-electron chi connectivity index (χ1n) is 10.9. The Hall–Kier alpha value is -4.60. The summed E-state index contributed by atoms with van der Waals surface area (Å²) in [5, 5.41) is 28.4. The first-order valence-corrected chi connectivity index (χ1v) is 10.9. The maximum Gasteiger partial charge on any atom is 0.277 e. The normalized spacial score (nSPS) is 12.3. The zero-order valence-corrected chi connectivity index (χ0v) is 18.9. The molecule has 0 heterocycles. The fraction of sp³-hybridized carbons (Fsp3) is 0.200. The van der Waals surface area contributed by atoms with Gasteiger partial charge in [0.15, 0.2) is 0 Å². The predicted octanol–water partition coefficient (Wildman–Crippen LogP) is 4.63. The van der Waals surface area contributed by atoms with Crippen LogP contribution in [0.3, 0.4) is 0 Å². The van der Waals surface area contributed by atoms with Gasteiger partial charge in [0.2, 0.25) is 5.91 Å². The molecule has 0 radical (unpaired) electrons. The molecule has 0 spiro atoms. The smallest absolute Gasteiger partial charge is 0.277 e. The van der Waals surface area contributed by atoms with E-state index in [4.69, 9.17) is 0 Å². The molecule has 3 rings (SSSR count). The van der Waals surface area contributed by atoms with Crippen molar-refractivity contribution in [2.24, 2.45) is 0 Å². The van der Waals surface area contributed by atoms with Crippen LogP contribution >= 0.6 is 0 Å². The van der Waals surface area contributed by atoms with Gasteiger partial charge in [-0.05, 0) is 17.5 Å². The summed E-state index contributed by atoms with van der Waals surface area (Å²) in [6.07, 6.45) is 0.920. The molecule has 0 fully saturated rings. The number of carbonyl (C=O) groups excluding carboxylic acids is 2. The summed E-state index contributed by atoms with van der Waals surface area (Å²) in [6, 6.07) is 19.3. The molecule has 3 aromatic rings. The number of carbonyl (C=O) groups is 2. The lowest BCUT2D eigenvalue weighted by Gasteiger charge is -2.30. The van der Waals surface area contributed by atoms with Crippen LogP contribution in [0.25, 0.3) is 0 Å². The van der Waals surface area contributed by atoms with Gasteiger partial charge in [-0.2, -0.15) is 0 Å². The Morgan fingerprint density at radius 1 is 0.771 bits per heavy atom. The van der Waals surface area contributed by atoms with Crippen LogP contribution in [0.4, 0.5) is 11.4 Å². The number of nitrogens with one attached hydrogen (secondary N) is 2. The maximum absolute atomic E-state index is 13.3. The maximum atomic E-state index is 13.3. The van der Waals surface area contributed by atoms with E-state index in [-0.39, 0.29) is 17.9 Å². The van der Waals surface area contributed by atoms with Crippen LogP contribution in [-0.2, 0) is 4.79 Å². The Balaban J connectivity index is 2.06. The van der Waals surface area contributed by atoms with E-state index >= 15 is 0 Å². The van der Waals surface area contributed by atoms with E-state index in [1.807, 2.05) is 37.3 Å². The predicted molar refractivity (Wildman–Crippen MR) is 129 cm³/mol. The van der Waals surface area contributed by atoms with Crippen LogP contribution < -0.4 is 10.6 Å². The number of rotatable bonds is 10. The molecule has 2 amide bonds. The molecule has 0 saturated heterocycles. The van der Waals surface area contributed by atoms with Crippen molar-refractivity contribution in [3.8, 4) is 0 Å². The highest BCUT2D eigenvalue weighted by atomic mass is 16.6. The van der Waals surface area contributed by atoms with Crippen molar-refractivity contribution < 1.29 is 19.4 Å². The topological polar surface area (TPSA) is 144 Å². The van der Waals surface area contributed by atoms with Crippen LogP contribution in [0, 0.1) is 20.2 Å². The second-order valence-corrected chi connectivity index (χ2v) is 7.82. The van der Waals surface area contributed by atoms with Crippen molar-refractivity contribution in [1.82, 2.24) is 10.6 Å². The van der Waals surface area contributed by atoms with E-state index in [1.165, 1.54) is 0 Å². The quantitative estimate of drug-likeness (QED) is 0.322. The minimum absolute atomic E-state index is 0.206. The number of amides is 2. The average Bonchev–Trinajstić information content (AvgIpc) is 2.86. The molecule has 3 aromatic carbocycles. The second-order valence-electron chi connectivity index (χ2n) is 7.82. The van der Waals surface area contributed by atoms with Gasteiger partial charge in [-0.25, -0.2) is 0 Å². The van der Waals surface area contributed by atoms with Gasteiger partial charge in [0.25, 0.3) is 17.3 Å². The summed E-state index contributed by atoms with van der Waals surface area (Å²) in [5.74, 6) is -0.959. The molecule has 2 N–H and O–H groups in total. The summed E-state index contributed by atoms with van der Waals surface area (Å²) in [5.41, 5.74) is 0.0222. The van der Waals surface area contributed by atoms with E-state index in [9.17, 15) is 29.8 Å². The van der Waals surface area contributed by atoms with Crippen molar-refractivity contribution in [2.45, 2.75) is 31.8 Å². The first kappa shape index (κ1) is 25.0. The summed E-state index contributed by atoms with van der Waals surface area (Å²) in [6.45, 7) is 1.88. The third-order valence-corrected chi connectivity index (χ3v) is 5.32. The fourth-order valence-electron chi connectivity index (χ4n) is 3.67. The molecule has 2 atom stereocenters. The molecule has 0 aliphatic carbocycles. The molecule has 0 unspecified atom stereocenters. The van der Waals surface area contributed by atoms with E-state index in [1.54, 1.807) is 30.3 Å². The highest BCUT2D eigenvalue weighted by Gasteiger charge is 2.29. The standard InChI is InChI=1S/C25H24N4O6/c1-2-9-22(30)26-23(17-10-5-3-6-11-17)24(18-12-7-4-8-13-18)27-25(31)19-14-20(28(32)33)16-21(15-19)29(34)35/h3-8,10-16,23-24H,2,9H2,1H3,(H,26,30)(H,27,31)/t23-,24-/m1/s1.